The number of rotatable bonds is 5. The Balaban J connectivity index is 2.12. The number of carbonyl (C=O) groups is 1. The predicted molar refractivity (Wildman–Crippen MR) is 78.9 cm³/mol. The fourth-order valence-electron chi connectivity index (χ4n) is 1.62. The normalized spacial score (nSPS) is 11.1. The summed E-state index contributed by atoms with van der Waals surface area (Å²) < 4.78 is 26.3. The maximum absolute atomic E-state index is 12.0. The Bertz CT molecular complexity index is 760. The van der Waals surface area contributed by atoms with Crippen molar-refractivity contribution in [2.24, 2.45) is 0 Å². The summed E-state index contributed by atoms with van der Waals surface area (Å²) >= 11 is 5.75. The molecule has 0 radical (unpaired) electrons. The van der Waals surface area contributed by atoms with Crippen molar-refractivity contribution in [3.63, 3.8) is 0 Å². The third-order valence-corrected chi connectivity index (χ3v) is 4.01. The Morgan fingerprint density at radius 3 is 2.48 bits per heavy atom. The van der Waals surface area contributed by atoms with Crippen molar-refractivity contribution in [3.05, 3.63) is 58.7 Å². The SMILES string of the molecule is O=C(O)c1ccc(CS(=O)(=O)Nc2cc(Cl)ccn2)cc1. The van der Waals surface area contributed by atoms with Gasteiger partial charge in [-0.2, -0.15) is 0 Å². The number of pyridine rings is 1. The summed E-state index contributed by atoms with van der Waals surface area (Å²) in [4.78, 5) is 14.6. The number of sulfonamides is 1. The molecule has 0 aliphatic heterocycles. The number of hydrogen-bond donors (Lipinski definition) is 2. The molecule has 1 heterocycles. The molecule has 0 bridgehead atoms. The minimum atomic E-state index is -3.66. The van der Waals surface area contributed by atoms with Gasteiger partial charge in [0.15, 0.2) is 0 Å². The van der Waals surface area contributed by atoms with Crippen molar-refractivity contribution in [1.29, 1.82) is 0 Å². The maximum Gasteiger partial charge on any atom is 0.335 e. The Hall–Kier alpha value is -2.12. The Morgan fingerprint density at radius 1 is 1.24 bits per heavy atom. The second kappa shape index (κ2) is 6.11. The Labute approximate surface area is 126 Å². The standard InChI is InChI=1S/C13H11ClN2O4S/c14-11-5-6-15-12(7-11)16-21(19,20)8-9-1-3-10(4-2-9)13(17)18/h1-7H,8H2,(H,15,16)(H,17,18). The van der Waals surface area contributed by atoms with Crippen molar-refractivity contribution >= 4 is 33.4 Å². The lowest BCUT2D eigenvalue weighted by atomic mass is 10.1. The summed E-state index contributed by atoms with van der Waals surface area (Å²) in [6.07, 6.45) is 1.39. The molecule has 1 aromatic carbocycles. The van der Waals surface area contributed by atoms with Gasteiger partial charge in [0.05, 0.1) is 11.3 Å². The van der Waals surface area contributed by atoms with Gasteiger partial charge in [-0.05, 0) is 23.8 Å². The molecule has 1 aromatic heterocycles. The molecular formula is C13H11ClN2O4S. The van der Waals surface area contributed by atoms with E-state index in [1.165, 1.54) is 42.6 Å². The highest BCUT2D eigenvalue weighted by atomic mass is 35.5. The topological polar surface area (TPSA) is 96.4 Å². The van der Waals surface area contributed by atoms with Crippen LogP contribution in [-0.4, -0.2) is 24.5 Å². The van der Waals surface area contributed by atoms with E-state index in [4.69, 9.17) is 16.7 Å². The second-order valence-electron chi connectivity index (χ2n) is 4.22. The second-order valence-corrected chi connectivity index (χ2v) is 6.38. The molecule has 0 unspecified atom stereocenters. The van der Waals surface area contributed by atoms with Crippen molar-refractivity contribution in [3.8, 4) is 0 Å². The number of nitrogens with one attached hydrogen (secondary N) is 1. The van der Waals surface area contributed by atoms with Crippen LogP contribution in [0.2, 0.25) is 5.02 Å². The smallest absolute Gasteiger partial charge is 0.335 e. The lowest BCUT2D eigenvalue weighted by Crippen LogP contribution is -2.16. The highest BCUT2D eigenvalue weighted by molar-refractivity contribution is 7.91. The summed E-state index contributed by atoms with van der Waals surface area (Å²) in [5, 5.41) is 9.15. The molecule has 21 heavy (non-hydrogen) atoms. The fraction of sp³-hybridized carbons (Fsp3) is 0.0769. The monoisotopic (exact) mass is 326 g/mol. The number of aromatic nitrogens is 1. The molecule has 0 saturated carbocycles. The Morgan fingerprint density at radius 2 is 1.90 bits per heavy atom. The summed E-state index contributed by atoms with van der Waals surface area (Å²) in [5.41, 5.74) is 0.565. The lowest BCUT2D eigenvalue weighted by molar-refractivity contribution is 0.0697. The fourth-order valence-corrected chi connectivity index (χ4v) is 2.91. The molecule has 0 saturated heterocycles. The number of benzene rings is 1. The molecular weight excluding hydrogens is 316 g/mol. The van der Waals surface area contributed by atoms with Crippen LogP contribution in [0.25, 0.3) is 0 Å². The minimum Gasteiger partial charge on any atom is -0.478 e. The quantitative estimate of drug-likeness (QED) is 0.879. The van der Waals surface area contributed by atoms with Gasteiger partial charge < -0.3 is 5.11 Å². The van der Waals surface area contributed by atoms with E-state index < -0.39 is 16.0 Å². The van der Waals surface area contributed by atoms with Crippen LogP contribution in [0, 0.1) is 0 Å². The van der Waals surface area contributed by atoms with E-state index in [1.807, 2.05) is 0 Å². The van der Waals surface area contributed by atoms with E-state index >= 15 is 0 Å². The minimum absolute atomic E-state index is 0.0978. The van der Waals surface area contributed by atoms with Crippen LogP contribution < -0.4 is 4.72 Å². The van der Waals surface area contributed by atoms with Crippen molar-refractivity contribution in [1.82, 2.24) is 4.98 Å². The van der Waals surface area contributed by atoms with Gasteiger partial charge in [0.25, 0.3) is 0 Å². The van der Waals surface area contributed by atoms with Crippen LogP contribution in [0.4, 0.5) is 5.82 Å². The predicted octanol–water partition coefficient (Wildman–Crippen LogP) is 2.38. The molecule has 0 spiro atoms. The van der Waals surface area contributed by atoms with Crippen LogP contribution in [0.5, 0.6) is 0 Å². The maximum atomic E-state index is 12.0. The van der Waals surface area contributed by atoms with Gasteiger partial charge in [0, 0.05) is 17.3 Å². The zero-order chi connectivity index (χ0) is 15.5. The molecule has 2 rings (SSSR count). The number of anilines is 1. The van der Waals surface area contributed by atoms with E-state index in [-0.39, 0.29) is 17.1 Å². The average molecular weight is 327 g/mol. The summed E-state index contributed by atoms with van der Waals surface area (Å²) in [7, 11) is -3.66. The van der Waals surface area contributed by atoms with Crippen molar-refractivity contribution < 1.29 is 18.3 Å². The summed E-state index contributed by atoms with van der Waals surface area (Å²) in [6.45, 7) is 0. The van der Waals surface area contributed by atoms with E-state index in [1.54, 1.807) is 0 Å². The van der Waals surface area contributed by atoms with Crippen LogP contribution in [0.3, 0.4) is 0 Å². The van der Waals surface area contributed by atoms with E-state index in [9.17, 15) is 13.2 Å². The molecule has 2 aromatic rings. The zero-order valence-electron chi connectivity index (χ0n) is 10.7. The molecule has 0 aliphatic carbocycles. The van der Waals surface area contributed by atoms with Crippen molar-refractivity contribution in [2.45, 2.75) is 5.75 Å². The lowest BCUT2D eigenvalue weighted by Gasteiger charge is -2.07. The van der Waals surface area contributed by atoms with Crippen LogP contribution in [0.1, 0.15) is 15.9 Å². The first-order chi connectivity index (χ1) is 9.85. The number of aromatic carboxylic acids is 1. The molecule has 110 valence electrons. The molecule has 6 nitrogen and oxygen atoms in total. The van der Waals surface area contributed by atoms with Crippen molar-refractivity contribution in [2.75, 3.05) is 4.72 Å². The highest BCUT2D eigenvalue weighted by Crippen LogP contribution is 2.15. The van der Waals surface area contributed by atoms with E-state index in [2.05, 4.69) is 9.71 Å². The Kier molecular flexibility index (Phi) is 4.44. The van der Waals surface area contributed by atoms with Crippen LogP contribution in [-0.2, 0) is 15.8 Å². The molecule has 2 N–H and O–H groups in total. The third kappa shape index (κ3) is 4.44. The number of carboxylic acids is 1. The van der Waals surface area contributed by atoms with Gasteiger partial charge >= 0.3 is 5.97 Å². The number of nitrogens with zero attached hydrogens (tertiary/aromatic N) is 1. The van der Waals surface area contributed by atoms with Gasteiger partial charge in [0.1, 0.15) is 5.82 Å². The number of halogens is 1. The largest absolute Gasteiger partial charge is 0.478 e. The number of hydrogen-bond acceptors (Lipinski definition) is 4. The number of carboxylic acid groups (broad SMARTS) is 1. The van der Waals surface area contributed by atoms with Crippen LogP contribution >= 0.6 is 11.6 Å². The van der Waals surface area contributed by atoms with E-state index in [0.717, 1.165) is 0 Å². The zero-order valence-corrected chi connectivity index (χ0v) is 12.2. The van der Waals surface area contributed by atoms with Gasteiger partial charge in [-0.1, -0.05) is 23.7 Å². The van der Waals surface area contributed by atoms with Crippen LogP contribution in [0.15, 0.2) is 42.6 Å². The van der Waals surface area contributed by atoms with Gasteiger partial charge in [0.2, 0.25) is 10.0 Å². The molecule has 0 fully saturated rings. The molecule has 8 heteroatoms. The molecule has 0 atom stereocenters. The molecule has 0 amide bonds. The first-order valence-electron chi connectivity index (χ1n) is 5.80. The van der Waals surface area contributed by atoms with Gasteiger partial charge in [-0.25, -0.2) is 18.2 Å². The third-order valence-electron chi connectivity index (χ3n) is 2.54. The van der Waals surface area contributed by atoms with E-state index in [0.29, 0.717) is 10.6 Å². The first kappa shape index (κ1) is 15.3. The van der Waals surface area contributed by atoms with Gasteiger partial charge in [-0.3, -0.25) is 4.72 Å². The summed E-state index contributed by atoms with van der Waals surface area (Å²) in [6, 6.07) is 8.54. The first-order valence-corrected chi connectivity index (χ1v) is 7.83. The highest BCUT2D eigenvalue weighted by Gasteiger charge is 2.13. The summed E-state index contributed by atoms with van der Waals surface area (Å²) in [5.74, 6) is -1.23. The average Bonchev–Trinajstić information content (AvgIpc) is 2.38. The molecule has 0 aliphatic rings. The van der Waals surface area contributed by atoms with Gasteiger partial charge in [-0.15, -0.1) is 0 Å².